The molecule has 0 aliphatic carbocycles. The van der Waals surface area contributed by atoms with Crippen molar-refractivity contribution in [3.63, 3.8) is 0 Å². The van der Waals surface area contributed by atoms with Gasteiger partial charge in [-0.15, -0.1) is 0 Å². The number of nitrogens with zero attached hydrogens (tertiary/aromatic N) is 3. The Kier molecular flexibility index (Phi) is 5.33. The van der Waals surface area contributed by atoms with Gasteiger partial charge in [0.25, 0.3) is 5.56 Å². The summed E-state index contributed by atoms with van der Waals surface area (Å²) >= 11 is 0. The molecule has 0 radical (unpaired) electrons. The predicted molar refractivity (Wildman–Crippen MR) is 115 cm³/mol. The van der Waals surface area contributed by atoms with E-state index in [2.05, 4.69) is 19.9 Å². The van der Waals surface area contributed by atoms with E-state index in [1.54, 1.807) is 30.5 Å². The van der Waals surface area contributed by atoms with Crippen LogP contribution in [0.25, 0.3) is 22.8 Å². The van der Waals surface area contributed by atoms with Gasteiger partial charge in [-0.1, -0.05) is 18.2 Å². The Bertz CT molecular complexity index is 1330. The number of alkyl halides is 3. The summed E-state index contributed by atoms with van der Waals surface area (Å²) in [5.74, 6) is 0.941. The smallest absolute Gasteiger partial charge is 0.416 e. The van der Waals surface area contributed by atoms with E-state index in [1.165, 1.54) is 12.3 Å². The standard InChI is InChI=1S/C24H19F3N4O2/c25-24(26,27)17-4-1-3-16(11-17)19-7-6-15(12-28-19)13-31-9-8-20-18(14-31)23(32)30-22(29-20)21-5-2-10-33-21/h1-7,10-12H,8-9,13-14H2,(H,29,30,32). The minimum atomic E-state index is -4.40. The normalized spacial score (nSPS) is 14.3. The number of benzene rings is 1. The number of hydrogen-bond donors (Lipinski definition) is 1. The molecule has 1 aliphatic heterocycles. The second-order valence-electron chi connectivity index (χ2n) is 7.91. The van der Waals surface area contributed by atoms with Crippen LogP contribution in [0.3, 0.4) is 0 Å². The molecule has 0 spiro atoms. The molecule has 0 unspecified atom stereocenters. The summed E-state index contributed by atoms with van der Waals surface area (Å²) in [5.41, 5.74) is 2.30. The molecule has 0 saturated heterocycles. The first-order chi connectivity index (χ1) is 15.9. The zero-order valence-corrected chi connectivity index (χ0v) is 17.4. The maximum atomic E-state index is 13.0. The minimum Gasteiger partial charge on any atom is -0.461 e. The quantitative estimate of drug-likeness (QED) is 0.487. The van der Waals surface area contributed by atoms with Crippen molar-refractivity contribution in [2.75, 3.05) is 6.54 Å². The second kappa shape index (κ2) is 8.32. The average molecular weight is 452 g/mol. The lowest BCUT2D eigenvalue weighted by Crippen LogP contribution is -2.35. The van der Waals surface area contributed by atoms with Crippen LogP contribution in [0.4, 0.5) is 13.2 Å². The Labute approximate surface area is 186 Å². The summed E-state index contributed by atoms with van der Waals surface area (Å²) in [6, 6.07) is 12.2. The zero-order chi connectivity index (χ0) is 23.0. The highest BCUT2D eigenvalue weighted by atomic mass is 19.4. The number of aromatic amines is 1. The third-order valence-electron chi connectivity index (χ3n) is 5.62. The summed E-state index contributed by atoms with van der Waals surface area (Å²) < 4.78 is 44.3. The number of halogens is 3. The largest absolute Gasteiger partial charge is 0.461 e. The van der Waals surface area contributed by atoms with Gasteiger partial charge >= 0.3 is 6.18 Å². The second-order valence-corrected chi connectivity index (χ2v) is 7.91. The zero-order valence-electron chi connectivity index (χ0n) is 17.4. The molecule has 5 rings (SSSR count). The van der Waals surface area contributed by atoms with E-state index < -0.39 is 11.7 Å². The van der Waals surface area contributed by atoms with E-state index >= 15 is 0 Å². The van der Waals surface area contributed by atoms with Gasteiger partial charge in [0.05, 0.1) is 28.8 Å². The van der Waals surface area contributed by atoms with Crippen molar-refractivity contribution in [2.45, 2.75) is 25.7 Å². The number of fused-ring (bicyclic) bond motifs is 1. The Morgan fingerprint density at radius 1 is 1.12 bits per heavy atom. The van der Waals surface area contributed by atoms with Crippen molar-refractivity contribution >= 4 is 0 Å². The highest BCUT2D eigenvalue weighted by molar-refractivity contribution is 5.60. The summed E-state index contributed by atoms with van der Waals surface area (Å²) in [4.78, 5) is 26.4. The molecule has 9 heteroatoms. The van der Waals surface area contributed by atoms with Crippen LogP contribution in [0.2, 0.25) is 0 Å². The van der Waals surface area contributed by atoms with E-state index in [4.69, 9.17) is 4.42 Å². The molecule has 33 heavy (non-hydrogen) atoms. The fourth-order valence-electron chi connectivity index (χ4n) is 3.95. The number of aromatic nitrogens is 3. The van der Waals surface area contributed by atoms with Crippen LogP contribution in [-0.2, 0) is 25.7 Å². The lowest BCUT2D eigenvalue weighted by molar-refractivity contribution is -0.137. The van der Waals surface area contributed by atoms with E-state index in [0.717, 1.165) is 29.9 Å². The monoisotopic (exact) mass is 452 g/mol. The molecule has 0 bridgehead atoms. The molecule has 0 saturated carbocycles. The molecule has 1 aliphatic rings. The number of H-pyrrole nitrogens is 1. The predicted octanol–water partition coefficient (Wildman–Crippen LogP) is 4.67. The molecule has 6 nitrogen and oxygen atoms in total. The maximum Gasteiger partial charge on any atom is 0.416 e. The average Bonchev–Trinajstić information content (AvgIpc) is 3.35. The third-order valence-corrected chi connectivity index (χ3v) is 5.62. The van der Waals surface area contributed by atoms with Crippen LogP contribution in [0, 0.1) is 0 Å². The van der Waals surface area contributed by atoms with Gasteiger partial charge in [0.1, 0.15) is 0 Å². The van der Waals surface area contributed by atoms with Crippen LogP contribution in [0.15, 0.2) is 70.2 Å². The van der Waals surface area contributed by atoms with Gasteiger partial charge in [0.15, 0.2) is 11.6 Å². The summed E-state index contributed by atoms with van der Waals surface area (Å²) in [6.45, 7) is 1.73. The van der Waals surface area contributed by atoms with E-state index in [0.29, 0.717) is 47.9 Å². The molecular weight excluding hydrogens is 433 g/mol. The van der Waals surface area contributed by atoms with Crippen LogP contribution in [0.1, 0.15) is 22.4 Å². The molecule has 1 aromatic carbocycles. The van der Waals surface area contributed by atoms with Crippen molar-refractivity contribution in [1.82, 2.24) is 19.9 Å². The highest BCUT2D eigenvalue weighted by Gasteiger charge is 2.30. The van der Waals surface area contributed by atoms with Crippen molar-refractivity contribution in [1.29, 1.82) is 0 Å². The molecule has 1 N–H and O–H groups in total. The Hall–Kier alpha value is -3.72. The SMILES string of the molecule is O=c1[nH]c(-c2ccco2)nc2c1CN(Cc1ccc(-c3cccc(C(F)(F)F)c3)nc1)CC2. The molecule has 0 amide bonds. The lowest BCUT2D eigenvalue weighted by atomic mass is 10.1. The topological polar surface area (TPSA) is 75.0 Å². The molecule has 4 aromatic rings. The summed E-state index contributed by atoms with van der Waals surface area (Å²) in [6.07, 6.45) is -0.578. The van der Waals surface area contributed by atoms with Crippen LogP contribution in [-0.4, -0.2) is 26.4 Å². The van der Waals surface area contributed by atoms with Gasteiger partial charge < -0.3 is 9.40 Å². The molecule has 3 aromatic heterocycles. The fourth-order valence-corrected chi connectivity index (χ4v) is 3.95. The summed E-state index contributed by atoms with van der Waals surface area (Å²) in [5, 5.41) is 0. The molecular formula is C24H19F3N4O2. The number of furan rings is 1. The van der Waals surface area contributed by atoms with E-state index in [9.17, 15) is 18.0 Å². The first kappa shape index (κ1) is 21.1. The molecule has 168 valence electrons. The van der Waals surface area contributed by atoms with Gasteiger partial charge in [-0.3, -0.25) is 14.7 Å². The highest BCUT2D eigenvalue weighted by Crippen LogP contribution is 2.31. The number of rotatable bonds is 4. The maximum absolute atomic E-state index is 13.0. The third kappa shape index (κ3) is 4.45. The first-order valence-electron chi connectivity index (χ1n) is 10.4. The van der Waals surface area contributed by atoms with Gasteiger partial charge in [0, 0.05) is 37.8 Å². The minimum absolute atomic E-state index is 0.186. The van der Waals surface area contributed by atoms with E-state index in [-0.39, 0.29) is 5.56 Å². The fraction of sp³-hybridized carbons (Fsp3) is 0.208. The van der Waals surface area contributed by atoms with Crippen LogP contribution < -0.4 is 5.56 Å². The molecule has 4 heterocycles. The number of hydrogen-bond acceptors (Lipinski definition) is 5. The van der Waals surface area contributed by atoms with Gasteiger partial charge in [0.2, 0.25) is 0 Å². The van der Waals surface area contributed by atoms with E-state index in [1.807, 2.05) is 6.07 Å². The number of nitrogens with one attached hydrogen (secondary N) is 1. The van der Waals surface area contributed by atoms with Gasteiger partial charge in [-0.25, -0.2) is 4.98 Å². The van der Waals surface area contributed by atoms with Gasteiger partial charge in [-0.05, 0) is 35.9 Å². The molecule has 0 atom stereocenters. The Morgan fingerprint density at radius 3 is 2.73 bits per heavy atom. The Morgan fingerprint density at radius 2 is 2.00 bits per heavy atom. The molecule has 0 fully saturated rings. The Balaban J connectivity index is 1.30. The van der Waals surface area contributed by atoms with Crippen molar-refractivity contribution in [3.05, 3.63) is 93.7 Å². The van der Waals surface area contributed by atoms with Gasteiger partial charge in [-0.2, -0.15) is 13.2 Å². The first-order valence-corrected chi connectivity index (χ1v) is 10.4. The van der Waals surface area contributed by atoms with Crippen LogP contribution in [0.5, 0.6) is 0 Å². The van der Waals surface area contributed by atoms with Crippen LogP contribution >= 0.6 is 0 Å². The van der Waals surface area contributed by atoms with Crippen molar-refractivity contribution in [2.24, 2.45) is 0 Å². The lowest BCUT2D eigenvalue weighted by Gasteiger charge is -2.27. The van der Waals surface area contributed by atoms with Crippen molar-refractivity contribution < 1.29 is 17.6 Å². The summed E-state index contributed by atoms with van der Waals surface area (Å²) in [7, 11) is 0. The van der Waals surface area contributed by atoms with Crippen molar-refractivity contribution in [3.8, 4) is 22.8 Å². The number of pyridine rings is 1.